The molecule has 0 aromatic carbocycles. The minimum absolute atomic E-state index is 0.790. The molecule has 1 unspecified atom stereocenters. The molecule has 0 spiro atoms. The summed E-state index contributed by atoms with van der Waals surface area (Å²) < 4.78 is 1.89. The van der Waals surface area contributed by atoms with Crippen LogP contribution in [0.5, 0.6) is 0 Å². The molecule has 0 saturated carbocycles. The van der Waals surface area contributed by atoms with Crippen LogP contribution in [-0.4, -0.2) is 14.8 Å². The molecule has 3 heteroatoms. The van der Waals surface area contributed by atoms with Crippen LogP contribution in [-0.2, 0) is 19.9 Å². The summed E-state index contributed by atoms with van der Waals surface area (Å²) in [6.07, 6.45) is 5.69. The summed E-state index contributed by atoms with van der Waals surface area (Å²) in [6, 6.07) is 0. The van der Waals surface area contributed by atoms with E-state index in [1.165, 1.54) is 35.8 Å². The predicted octanol–water partition coefficient (Wildman–Crippen LogP) is 2.40. The molecule has 0 amide bonds. The van der Waals surface area contributed by atoms with Crippen molar-refractivity contribution in [3.05, 3.63) is 23.0 Å². The van der Waals surface area contributed by atoms with Gasteiger partial charge in [-0.1, -0.05) is 6.92 Å². The van der Waals surface area contributed by atoms with E-state index in [2.05, 4.69) is 23.9 Å². The highest BCUT2D eigenvalue weighted by atomic mass is 15.3. The van der Waals surface area contributed by atoms with Gasteiger partial charge in [0.2, 0.25) is 0 Å². The lowest BCUT2D eigenvalue weighted by Gasteiger charge is -2.21. The third-order valence-corrected chi connectivity index (χ3v) is 3.68. The minimum Gasteiger partial charge on any atom is -0.250 e. The van der Waals surface area contributed by atoms with Crippen molar-refractivity contribution in [2.24, 2.45) is 13.0 Å². The fraction of sp³-hybridized carbons (Fsp3) is 0.538. The van der Waals surface area contributed by atoms with Crippen molar-refractivity contribution < 1.29 is 0 Å². The van der Waals surface area contributed by atoms with Gasteiger partial charge in [0.1, 0.15) is 0 Å². The Morgan fingerprint density at radius 1 is 1.44 bits per heavy atom. The van der Waals surface area contributed by atoms with E-state index in [-0.39, 0.29) is 0 Å². The summed E-state index contributed by atoms with van der Waals surface area (Å²) >= 11 is 0. The standard InChI is InChI=1S/C13H17N3/c1-8-4-5-10-7-14-13-12(11(10)6-8)9(2)15-16(13)3/h7-8H,4-6H2,1-3H3. The van der Waals surface area contributed by atoms with E-state index in [1.807, 2.05) is 17.9 Å². The molecule has 2 aromatic rings. The van der Waals surface area contributed by atoms with Gasteiger partial charge in [-0.3, -0.25) is 4.68 Å². The third kappa shape index (κ3) is 1.27. The van der Waals surface area contributed by atoms with Crippen LogP contribution in [0, 0.1) is 12.8 Å². The van der Waals surface area contributed by atoms with Crippen LogP contribution in [0.2, 0.25) is 0 Å². The summed E-state index contributed by atoms with van der Waals surface area (Å²) in [5.41, 5.74) is 5.08. The summed E-state index contributed by atoms with van der Waals surface area (Å²) in [7, 11) is 1.97. The van der Waals surface area contributed by atoms with Crippen LogP contribution in [0.15, 0.2) is 6.20 Å². The number of fused-ring (bicyclic) bond motifs is 3. The lowest BCUT2D eigenvalue weighted by atomic mass is 9.84. The largest absolute Gasteiger partial charge is 0.250 e. The topological polar surface area (TPSA) is 30.7 Å². The molecule has 1 aliphatic carbocycles. The Hall–Kier alpha value is -1.38. The van der Waals surface area contributed by atoms with Crippen molar-refractivity contribution in [3.8, 4) is 0 Å². The second-order valence-corrected chi connectivity index (χ2v) is 5.02. The van der Waals surface area contributed by atoms with E-state index in [0.717, 1.165) is 17.3 Å². The third-order valence-electron chi connectivity index (χ3n) is 3.68. The number of aryl methyl sites for hydroxylation is 3. The maximum absolute atomic E-state index is 4.54. The van der Waals surface area contributed by atoms with Crippen molar-refractivity contribution in [2.75, 3.05) is 0 Å². The van der Waals surface area contributed by atoms with E-state index >= 15 is 0 Å². The molecule has 3 nitrogen and oxygen atoms in total. The van der Waals surface area contributed by atoms with Crippen LogP contribution < -0.4 is 0 Å². The Kier molecular flexibility index (Phi) is 2.03. The Morgan fingerprint density at radius 2 is 2.25 bits per heavy atom. The number of hydrogen-bond acceptors (Lipinski definition) is 2. The summed E-state index contributed by atoms with van der Waals surface area (Å²) in [6.45, 7) is 4.42. The lowest BCUT2D eigenvalue weighted by molar-refractivity contribution is 0.502. The SMILES string of the molecule is Cc1nn(C)c2ncc3c(c12)CC(C)CC3. The highest BCUT2D eigenvalue weighted by molar-refractivity contribution is 5.83. The molecule has 0 bridgehead atoms. The normalized spacial score (nSPS) is 20.1. The van der Waals surface area contributed by atoms with E-state index in [9.17, 15) is 0 Å². The van der Waals surface area contributed by atoms with Gasteiger partial charge in [0.15, 0.2) is 5.65 Å². The van der Waals surface area contributed by atoms with Crippen molar-refractivity contribution in [3.63, 3.8) is 0 Å². The van der Waals surface area contributed by atoms with Gasteiger partial charge >= 0.3 is 0 Å². The smallest absolute Gasteiger partial charge is 0.158 e. The fourth-order valence-corrected chi connectivity index (χ4v) is 2.83. The second kappa shape index (κ2) is 3.30. The summed E-state index contributed by atoms with van der Waals surface area (Å²) in [4.78, 5) is 4.54. The molecule has 16 heavy (non-hydrogen) atoms. The first-order chi connectivity index (χ1) is 7.66. The summed E-state index contributed by atoms with van der Waals surface area (Å²) in [5, 5.41) is 5.78. The monoisotopic (exact) mass is 215 g/mol. The van der Waals surface area contributed by atoms with Gasteiger partial charge in [0, 0.05) is 18.6 Å². The Bertz CT molecular complexity index is 554. The van der Waals surface area contributed by atoms with Gasteiger partial charge in [-0.25, -0.2) is 4.98 Å². The van der Waals surface area contributed by atoms with Crippen LogP contribution in [0.3, 0.4) is 0 Å². The number of rotatable bonds is 0. The van der Waals surface area contributed by atoms with Crippen molar-refractivity contribution in [1.29, 1.82) is 0 Å². The second-order valence-electron chi connectivity index (χ2n) is 5.02. The Balaban J connectivity index is 2.33. The molecule has 1 atom stereocenters. The molecule has 0 aliphatic heterocycles. The molecule has 0 radical (unpaired) electrons. The first-order valence-corrected chi connectivity index (χ1v) is 5.97. The zero-order chi connectivity index (χ0) is 11.3. The molecule has 0 N–H and O–H groups in total. The van der Waals surface area contributed by atoms with Crippen LogP contribution in [0.1, 0.15) is 30.2 Å². The predicted molar refractivity (Wildman–Crippen MR) is 64.4 cm³/mol. The average Bonchev–Trinajstić information content (AvgIpc) is 2.54. The van der Waals surface area contributed by atoms with E-state index in [0.29, 0.717) is 0 Å². The van der Waals surface area contributed by atoms with E-state index in [1.54, 1.807) is 0 Å². The average molecular weight is 215 g/mol. The first-order valence-electron chi connectivity index (χ1n) is 5.97. The maximum atomic E-state index is 4.54. The van der Waals surface area contributed by atoms with Crippen LogP contribution in [0.25, 0.3) is 11.0 Å². The molecule has 2 aromatic heterocycles. The minimum atomic E-state index is 0.790. The molecule has 3 rings (SSSR count). The van der Waals surface area contributed by atoms with Gasteiger partial charge in [0.05, 0.1) is 5.69 Å². The Morgan fingerprint density at radius 3 is 3.06 bits per heavy atom. The highest BCUT2D eigenvalue weighted by Gasteiger charge is 2.20. The number of pyridine rings is 1. The van der Waals surface area contributed by atoms with Crippen LogP contribution >= 0.6 is 0 Å². The molecule has 1 aliphatic rings. The number of hydrogen-bond donors (Lipinski definition) is 0. The molecule has 2 heterocycles. The van der Waals surface area contributed by atoms with Gasteiger partial charge in [-0.2, -0.15) is 5.10 Å². The van der Waals surface area contributed by atoms with Crippen molar-refractivity contribution >= 4 is 11.0 Å². The molecule has 0 saturated heterocycles. The molecular weight excluding hydrogens is 198 g/mol. The summed E-state index contributed by atoms with van der Waals surface area (Å²) in [5.74, 6) is 0.790. The van der Waals surface area contributed by atoms with Gasteiger partial charge < -0.3 is 0 Å². The van der Waals surface area contributed by atoms with Crippen molar-refractivity contribution in [1.82, 2.24) is 14.8 Å². The zero-order valence-electron chi connectivity index (χ0n) is 10.1. The first kappa shape index (κ1) is 9.82. The highest BCUT2D eigenvalue weighted by Crippen LogP contribution is 2.31. The maximum Gasteiger partial charge on any atom is 0.158 e. The fourth-order valence-electron chi connectivity index (χ4n) is 2.83. The molecule has 84 valence electrons. The van der Waals surface area contributed by atoms with E-state index < -0.39 is 0 Å². The van der Waals surface area contributed by atoms with E-state index in [4.69, 9.17) is 0 Å². The van der Waals surface area contributed by atoms with Gasteiger partial charge in [-0.05, 0) is 43.2 Å². The van der Waals surface area contributed by atoms with Crippen molar-refractivity contribution in [2.45, 2.75) is 33.1 Å². The van der Waals surface area contributed by atoms with Gasteiger partial charge in [0.25, 0.3) is 0 Å². The molecule has 0 fully saturated rings. The van der Waals surface area contributed by atoms with Crippen LogP contribution in [0.4, 0.5) is 0 Å². The number of aromatic nitrogens is 3. The zero-order valence-corrected chi connectivity index (χ0v) is 10.1. The lowest BCUT2D eigenvalue weighted by Crippen LogP contribution is -2.12. The molecular formula is C13H17N3. The van der Waals surface area contributed by atoms with Gasteiger partial charge in [-0.15, -0.1) is 0 Å². The number of nitrogens with zero attached hydrogens (tertiary/aromatic N) is 3. The Labute approximate surface area is 95.5 Å². The quantitative estimate of drug-likeness (QED) is 0.675.